The molecule has 2 aromatic rings. The van der Waals surface area contributed by atoms with E-state index >= 15 is 0 Å². The summed E-state index contributed by atoms with van der Waals surface area (Å²) < 4.78 is 5.46. The number of hydrogen-bond acceptors (Lipinski definition) is 4. The molecule has 1 aliphatic heterocycles. The van der Waals surface area contributed by atoms with Crippen LogP contribution in [0.3, 0.4) is 0 Å². The van der Waals surface area contributed by atoms with Crippen LogP contribution in [0.5, 0.6) is 5.75 Å². The Morgan fingerprint density at radius 3 is 2.41 bits per heavy atom. The predicted molar refractivity (Wildman–Crippen MR) is 103 cm³/mol. The topological polar surface area (TPSA) is 66.8 Å². The van der Waals surface area contributed by atoms with Crippen LogP contribution in [0.2, 0.25) is 0 Å². The van der Waals surface area contributed by atoms with Crippen molar-refractivity contribution in [1.29, 1.82) is 0 Å². The van der Waals surface area contributed by atoms with E-state index in [4.69, 9.17) is 4.74 Å². The average molecular weight is 365 g/mol. The van der Waals surface area contributed by atoms with Gasteiger partial charge in [0, 0.05) is 17.7 Å². The number of methoxy groups -OCH3 is 1. The lowest BCUT2D eigenvalue weighted by molar-refractivity contribution is -0.139. The molecule has 0 aliphatic carbocycles. The molecule has 0 spiro atoms. The second-order valence-corrected chi connectivity index (χ2v) is 6.45. The highest BCUT2D eigenvalue weighted by atomic mass is 16.5. The van der Waals surface area contributed by atoms with Crippen molar-refractivity contribution in [2.45, 2.75) is 25.8 Å². The Bertz CT molecular complexity index is 873. The number of nitrogens with zero attached hydrogens (tertiary/aromatic N) is 1. The highest BCUT2D eigenvalue weighted by Crippen LogP contribution is 2.42. The van der Waals surface area contributed by atoms with Gasteiger partial charge in [-0.2, -0.15) is 0 Å². The smallest absolute Gasteiger partial charge is 0.295 e. The maximum absolute atomic E-state index is 12.8. The maximum atomic E-state index is 12.8. The van der Waals surface area contributed by atoms with E-state index < -0.39 is 17.7 Å². The molecule has 1 fully saturated rings. The van der Waals surface area contributed by atoms with Crippen molar-refractivity contribution in [3.05, 3.63) is 71.3 Å². The van der Waals surface area contributed by atoms with Gasteiger partial charge in [-0.25, -0.2) is 0 Å². The summed E-state index contributed by atoms with van der Waals surface area (Å²) in [5.74, 6) is -0.839. The highest BCUT2D eigenvalue weighted by molar-refractivity contribution is 6.46. The number of ketones is 1. The van der Waals surface area contributed by atoms with Crippen molar-refractivity contribution in [3.8, 4) is 5.75 Å². The fourth-order valence-corrected chi connectivity index (χ4v) is 3.41. The number of unbranched alkanes of at least 4 members (excludes halogenated alkanes) is 1. The molecule has 1 atom stereocenters. The van der Waals surface area contributed by atoms with Gasteiger partial charge in [-0.1, -0.05) is 61.9 Å². The zero-order valence-electron chi connectivity index (χ0n) is 15.5. The number of hydrogen-bond donors (Lipinski definition) is 1. The summed E-state index contributed by atoms with van der Waals surface area (Å²) in [4.78, 5) is 27.1. The molecule has 0 aromatic heterocycles. The summed E-state index contributed by atoms with van der Waals surface area (Å²) in [5, 5.41) is 10.9. The van der Waals surface area contributed by atoms with Crippen molar-refractivity contribution in [2.75, 3.05) is 13.7 Å². The monoisotopic (exact) mass is 365 g/mol. The van der Waals surface area contributed by atoms with E-state index in [1.807, 2.05) is 31.2 Å². The average Bonchev–Trinajstić information content (AvgIpc) is 2.96. The van der Waals surface area contributed by atoms with E-state index in [9.17, 15) is 14.7 Å². The van der Waals surface area contributed by atoms with Crippen LogP contribution < -0.4 is 4.74 Å². The lowest BCUT2D eigenvalue weighted by Gasteiger charge is -2.26. The Morgan fingerprint density at radius 2 is 1.74 bits per heavy atom. The van der Waals surface area contributed by atoms with Gasteiger partial charge < -0.3 is 14.7 Å². The summed E-state index contributed by atoms with van der Waals surface area (Å²) >= 11 is 0. The number of rotatable bonds is 6. The number of aliphatic hydroxyl groups is 1. The molecule has 5 heteroatoms. The third-order valence-electron chi connectivity index (χ3n) is 4.77. The first-order valence-corrected chi connectivity index (χ1v) is 9.06. The third kappa shape index (κ3) is 3.45. The minimum atomic E-state index is -0.673. The van der Waals surface area contributed by atoms with Crippen LogP contribution in [0, 0.1) is 0 Å². The summed E-state index contributed by atoms with van der Waals surface area (Å²) in [6.45, 7) is 2.47. The van der Waals surface area contributed by atoms with Crippen LogP contribution >= 0.6 is 0 Å². The molecule has 0 bridgehead atoms. The molecule has 1 heterocycles. The Hall–Kier alpha value is -3.08. The number of likely N-dealkylation sites (tertiary alicyclic amines) is 1. The van der Waals surface area contributed by atoms with Gasteiger partial charge in [-0.15, -0.1) is 0 Å². The third-order valence-corrected chi connectivity index (χ3v) is 4.77. The molecule has 2 aromatic carbocycles. The molecule has 1 N–H and O–H groups in total. The van der Waals surface area contributed by atoms with E-state index in [0.717, 1.165) is 12.8 Å². The first-order valence-electron chi connectivity index (χ1n) is 9.06. The highest BCUT2D eigenvalue weighted by Gasteiger charge is 2.46. The molecule has 3 rings (SSSR count). The number of carbonyl (C=O) groups excluding carboxylic acids is 2. The van der Waals surface area contributed by atoms with Gasteiger partial charge in [-0.05, 0) is 12.5 Å². The molecular formula is C22H23NO4. The molecule has 27 heavy (non-hydrogen) atoms. The van der Waals surface area contributed by atoms with Gasteiger partial charge in [0.15, 0.2) is 0 Å². The van der Waals surface area contributed by atoms with Gasteiger partial charge in [0.25, 0.3) is 11.7 Å². The van der Waals surface area contributed by atoms with E-state index in [1.54, 1.807) is 37.4 Å². The van der Waals surface area contributed by atoms with Crippen LogP contribution in [0.1, 0.15) is 36.9 Å². The van der Waals surface area contributed by atoms with E-state index in [0.29, 0.717) is 23.4 Å². The SMILES string of the molecule is CCCCN1C(=O)C(=O)/C(=C(/O)c2ccccc2)C1c1ccccc1OC. The van der Waals surface area contributed by atoms with Crippen LogP contribution in [0.25, 0.3) is 5.76 Å². The fraction of sp³-hybridized carbons (Fsp3) is 0.273. The van der Waals surface area contributed by atoms with Gasteiger partial charge in [0.2, 0.25) is 0 Å². The molecule has 1 amide bonds. The van der Waals surface area contributed by atoms with Crippen LogP contribution in [0.4, 0.5) is 0 Å². The van der Waals surface area contributed by atoms with Crippen molar-refractivity contribution in [1.82, 2.24) is 4.90 Å². The normalized spacial score (nSPS) is 18.7. The van der Waals surface area contributed by atoms with Crippen LogP contribution in [-0.2, 0) is 9.59 Å². The van der Waals surface area contributed by atoms with E-state index in [2.05, 4.69) is 0 Å². The molecule has 1 aliphatic rings. The van der Waals surface area contributed by atoms with Gasteiger partial charge in [0.1, 0.15) is 11.5 Å². The lowest BCUT2D eigenvalue weighted by atomic mass is 9.94. The fourth-order valence-electron chi connectivity index (χ4n) is 3.41. The molecule has 1 saturated heterocycles. The number of para-hydroxylation sites is 1. The number of benzene rings is 2. The number of carbonyl (C=O) groups is 2. The molecular weight excluding hydrogens is 342 g/mol. The van der Waals surface area contributed by atoms with Crippen LogP contribution in [0.15, 0.2) is 60.2 Å². The largest absolute Gasteiger partial charge is 0.507 e. The zero-order chi connectivity index (χ0) is 19.4. The molecule has 1 unspecified atom stereocenters. The van der Waals surface area contributed by atoms with Gasteiger partial charge >= 0.3 is 0 Å². The first-order chi connectivity index (χ1) is 13.1. The number of Topliss-reactive ketones (excluding diaryl/α,β-unsaturated/α-hetero) is 1. The summed E-state index contributed by atoms with van der Waals surface area (Å²) in [6.07, 6.45) is 1.66. The summed E-state index contributed by atoms with van der Waals surface area (Å²) in [7, 11) is 1.55. The summed E-state index contributed by atoms with van der Waals surface area (Å²) in [6, 6.07) is 15.4. The second-order valence-electron chi connectivity index (χ2n) is 6.45. The maximum Gasteiger partial charge on any atom is 0.295 e. The molecule has 0 radical (unpaired) electrons. The predicted octanol–water partition coefficient (Wildman–Crippen LogP) is 3.92. The van der Waals surface area contributed by atoms with Crippen molar-refractivity contribution in [3.63, 3.8) is 0 Å². The molecule has 140 valence electrons. The van der Waals surface area contributed by atoms with Crippen molar-refractivity contribution >= 4 is 17.4 Å². The van der Waals surface area contributed by atoms with Gasteiger partial charge in [0.05, 0.1) is 18.7 Å². The molecule has 5 nitrogen and oxygen atoms in total. The number of ether oxygens (including phenoxy) is 1. The van der Waals surface area contributed by atoms with Crippen LogP contribution in [-0.4, -0.2) is 35.4 Å². The standard InChI is InChI=1S/C22H23NO4/c1-3-4-14-23-19(16-12-8-9-13-17(16)27-2)18(21(25)22(23)26)20(24)15-10-6-5-7-11-15/h5-13,19,24H,3-4,14H2,1-2H3/b20-18+. The van der Waals surface area contributed by atoms with Crippen molar-refractivity contribution in [2.24, 2.45) is 0 Å². The quantitative estimate of drug-likeness (QED) is 0.479. The van der Waals surface area contributed by atoms with E-state index in [-0.39, 0.29) is 11.3 Å². The second kappa shape index (κ2) is 8.08. The Balaban J connectivity index is 2.20. The lowest BCUT2D eigenvalue weighted by Crippen LogP contribution is -2.30. The molecule has 0 saturated carbocycles. The summed E-state index contributed by atoms with van der Waals surface area (Å²) in [5.41, 5.74) is 1.30. The minimum absolute atomic E-state index is 0.104. The van der Waals surface area contributed by atoms with Crippen molar-refractivity contribution < 1.29 is 19.4 Å². The minimum Gasteiger partial charge on any atom is -0.507 e. The Morgan fingerprint density at radius 1 is 1.07 bits per heavy atom. The van der Waals surface area contributed by atoms with E-state index in [1.165, 1.54) is 4.90 Å². The number of aliphatic hydroxyl groups excluding tert-OH is 1. The Labute approximate surface area is 158 Å². The number of amides is 1. The zero-order valence-corrected chi connectivity index (χ0v) is 15.5. The van der Waals surface area contributed by atoms with Gasteiger partial charge in [-0.3, -0.25) is 9.59 Å². The first kappa shape index (κ1) is 18.7. The Kier molecular flexibility index (Phi) is 5.60.